The molecule has 0 aliphatic carbocycles. The molecule has 2 rings (SSSR count). The van der Waals surface area contributed by atoms with Crippen LogP contribution >= 0.6 is 13.5 Å². The Morgan fingerprint density at radius 3 is 2.39 bits per heavy atom. The van der Waals surface area contributed by atoms with Gasteiger partial charge in [-0.05, 0) is 6.92 Å². The molecule has 2 aliphatic rings. The minimum atomic E-state index is -4.19. The number of hydrogen-bond donors (Lipinski definition) is 3. The van der Waals surface area contributed by atoms with Gasteiger partial charge in [-0.1, -0.05) is 11.8 Å². The Morgan fingerprint density at radius 1 is 1.21 bits per heavy atom. The highest BCUT2D eigenvalue weighted by Gasteiger charge is 2.45. The Bertz CT molecular complexity index is 630. The predicted molar refractivity (Wildman–Crippen MR) is 99.8 cm³/mol. The number of hydrogen-bond acceptors (Lipinski definition) is 13. The second-order valence-corrected chi connectivity index (χ2v) is 11.7. The minimum absolute atomic E-state index is 0.464. The fourth-order valence-electron chi connectivity index (χ4n) is 2.76. The SMILES string of the molecule is [B][C@@H]1O[C@H](CO)C(O)[C@@H]1OP([O-])(=S)OC[C@H]1O[C@@H](C)[C@@H](O)C1OP(=O)([S-])OC. The summed E-state index contributed by atoms with van der Waals surface area (Å²) >= 11 is 9.45. The van der Waals surface area contributed by atoms with E-state index < -0.39 is 75.5 Å². The van der Waals surface area contributed by atoms with E-state index >= 15 is 0 Å². The van der Waals surface area contributed by atoms with Gasteiger partial charge in [-0.25, -0.2) is 0 Å². The molecule has 2 aliphatic heterocycles. The van der Waals surface area contributed by atoms with E-state index in [4.69, 9.17) is 47.8 Å². The van der Waals surface area contributed by atoms with E-state index in [0.717, 1.165) is 7.11 Å². The molecule has 10 atom stereocenters. The lowest BCUT2D eigenvalue weighted by atomic mass is 9.93. The summed E-state index contributed by atoms with van der Waals surface area (Å²) in [5.41, 5.74) is 0. The van der Waals surface area contributed by atoms with Crippen LogP contribution in [0.3, 0.4) is 0 Å². The molecular formula is C12H21BO11P2S2-2. The summed E-state index contributed by atoms with van der Waals surface area (Å²) in [6, 6.07) is -1.18. The first-order valence-electron chi connectivity index (χ1n) is 8.13. The van der Waals surface area contributed by atoms with Crippen molar-refractivity contribution in [3.8, 4) is 0 Å². The highest BCUT2D eigenvalue weighted by Crippen LogP contribution is 2.49. The van der Waals surface area contributed by atoms with Gasteiger partial charge in [0.1, 0.15) is 51.2 Å². The van der Waals surface area contributed by atoms with Gasteiger partial charge in [0.2, 0.25) is 0 Å². The third-order valence-corrected chi connectivity index (χ3v) is 7.44. The lowest BCUT2D eigenvalue weighted by Crippen LogP contribution is -2.38. The van der Waals surface area contributed by atoms with Crippen molar-refractivity contribution in [2.45, 2.75) is 55.7 Å². The molecule has 0 bridgehead atoms. The van der Waals surface area contributed by atoms with Crippen molar-refractivity contribution in [2.75, 3.05) is 20.3 Å². The lowest BCUT2D eigenvalue weighted by Gasteiger charge is -2.34. The Hall–Kier alpha value is 0.895. The Morgan fingerprint density at radius 2 is 1.86 bits per heavy atom. The normalized spacial score (nSPS) is 43.0. The first-order chi connectivity index (χ1) is 12.9. The molecule has 0 aromatic heterocycles. The molecule has 162 valence electrons. The highest BCUT2D eigenvalue weighted by atomic mass is 32.7. The van der Waals surface area contributed by atoms with Crippen LogP contribution in [0.25, 0.3) is 0 Å². The summed E-state index contributed by atoms with van der Waals surface area (Å²) in [5, 5.41) is 29.2. The smallest absolute Gasteiger partial charge is 0.200 e. The quantitative estimate of drug-likeness (QED) is 0.191. The molecule has 28 heavy (non-hydrogen) atoms. The van der Waals surface area contributed by atoms with Gasteiger partial charge in [-0.3, -0.25) is 4.57 Å². The van der Waals surface area contributed by atoms with Crippen molar-refractivity contribution in [3.05, 3.63) is 0 Å². The molecule has 0 saturated carbocycles. The van der Waals surface area contributed by atoms with Crippen LogP contribution in [-0.4, -0.2) is 92.2 Å². The molecule has 11 nitrogen and oxygen atoms in total. The van der Waals surface area contributed by atoms with E-state index in [9.17, 15) is 19.7 Å². The molecule has 2 heterocycles. The molecule has 16 heteroatoms. The fraction of sp³-hybridized carbons (Fsp3) is 1.00. The fourth-order valence-corrected chi connectivity index (χ4v) is 5.12. The Kier molecular flexibility index (Phi) is 8.99. The summed E-state index contributed by atoms with van der Waals surface area (Å²) in [7, 11) is 6.72. The van der Waals surface area contributed by atoms with Crippen molar-refractivity contribution in [2.24, 2.45) is 0 Å². The Labute approximate surface area is 173 Å². The summed E-state index contributed by atoms with van der Waals surface area (Å²) in [5.74, 6) is 0. The van der Waals surface area contributed by atoms with Gasteiger partial charge >= 0.3 is 0 Å². The molecular weight excluding hydrogens is 457 g/mol. The summed E-state index contributed by atoms with van der Waals surface area (Å²) in [6.45, 7) is -7.51. The maximum Gasteiger partial charge on any atom is 0.200 e. The second kappa shape index (κ2) is 10.0. The zero-order valence-electron chi connectivity index (χ0n) is 14.9. The summed E-state index contributed by atoms with van der Waals surface area (Å²) in [6.07, 6.45) is -7.81. The number of ether oxygens (including phenoxy) is 2. The van der Waals surface area contributed by atoms with Crippen LogP contribution in [0, 0.1) is 0 Å². The third kappa shape index (κ3) is 6.21. The zero-order chi connectivity index (χ0) is 21.3. The van der Waals surface area contributed by atoms with Gasteiger partial charge in [-0.2, -0.15) is 0 Å². The molecule has 4 unspecified atom stereocenters. The van der Waals surface area contributed by atoms with Gasteiger partial charge in [0.15, 0.2) is 6.80 Å². The maximum atomic E-state index is 12.5. The first-order valence-corrected chi connectivity index (χ1v) is 13.2. The molecule has 2 saturated heterocycles. The van der Waals surface area contributed by atoms with Crippen molar-refractivity contribution in [1.29, 1.82) is 0 Å². The molecule has 0 aromatic rings. The van der Waals surface area contributed by atoms with Crippen LogP contribution in [-0.2, 0) is 56.2 Å². The third-order valence-electron chi connectivity index (χ3n) is 4.25. The van der Waals surface area contributed by atoms with Crippen LogP contribution in [0.2, 0.25) is 0 Å². The van der Waals surface area contributed by atoms with Crippen LogP contribution in [0.1, 0.15) is 6.92 Å². The Balaban J connectivity index is 1.98. The summed E-state index contributed by atoms with van der Waals surface area (Å²) in [4.78, 5) is 12.5. The first kappa shape index (κ1) is 25.2. The van der Waals surface area contributed by atoms with E-state index in [1.807, 2.05) is 0 Å². The summed E-state index contributed by atoms with van der Waals surface area (Å²) < 4.78 is 42.3. The molecule has 3 N–H and O–H groups in total. The van der Waals surface area contributed by atoms with Crippen LogP contribution in [0.4, 0.5) is 0 Å². The predicted octanol–water partition coefficient (Wildman–Crippen LogP) is -1.95. The van der Waals surface area contributed by atoms with Crippen LogP contribution < -0.4 is 4.89 Å². The van der Waals surface area contributed by atoms with E-state index in [0.29, 0.717) is 0 Å². The maximum absolute atomic E-state index is 12.5. The topological polar surface area (TPSA) is 156 Å². The molecule has 2 radical (unpaired) electrons. The van der Waals surface area contributed by atoms with E-state index in [-0.39, 0.29) is 0 Å². The van der Waals surface area contributed by atoms with Gasteiger partial charge in [-0.15, -0.1) is 0 Å². The van der Waals surface area contributed by atoms with Gasteiger partial charge in [0.25, 0.3) is 0 Å². The van der Waals surface area contributed by atoms with E-state index in [1.165, 1.54) is 6.92 Å². The van der Waals surface area contributed by atoms with Gasteiger partial charge in [0.05, 0.1) is 19.3 Å². The monoisotopic (exact) mass is 478 g/mol. The van der Waals surface area contributed by atoms with Crippen molar-refractivity contribution in [1.82, 2.24) is 0 Å². The lowest BCUT2D eigenvalue weighted by molar-refractivity contribution is -0.216. The second-order valence-electron chi connectivity index (χ2n) is 6.20. The number of aliphatic hydroxyl groups excluding tert-OH is 3. The van der Waals surface area contributed by atoms with Gasteiger partial charge < -0.3 is 60.0 Å². The van der Waals surface area contributed by atoms with E-state index in [1.54, 1.807) is 0 Å². The van der Waals surface area contributed by atoms with Crippen molar-refractivity contribution >= 4 is 45.4 Å². The van der Waals surface area contributed by atoms with Crippen LogP contribution in [0.5, 0.6) is 0 Å². The zero-order valence-corrected chi connectivity index (χ0v) is 18.4. The average molecular weight is 478 g/mol. The molecule has 0 amide bonds. The average Bonchev–Trinajstić information content (AvgIpc) is 3.04. The minimum Gasteiger partial charge on any atom is -0.780 e. The van der Waals surface area contributed by atoms with E-state index in [2.05, 4.69) is 16.8 Å². The highest BCUT2D eigenvalue weighted by molar-refractivity contribution is 8.32. The largest absolute Gasteiger partial charge is 0.780 e. The standard InChI is InChI=1S/C12H23BO11P2S2/c1-5-8(15)10(23-25(17,27)19-2)7(21-5)4-20-26(18,28)24-11-9(16)6(3-14)22-12(11)13/h5-12,14-16H,3-4H2,1-2H3,(H,17,27)(H,18,28)/p-2/t5-,6+,7+,8+,9?,10?,11-,12+,25?,26?/m0/s1. The van der Waals surface area contributed by atoms with Crippen LogP contribution in [0.15, 0.2) is 0 Å². The van der Waals surface area contributed by atoms with Crippen molar-refractivity contribution < 1.29 is 52.3 Å². The van der Waals surface area contributed by atoms with Crippen molar-refractivity contribution in [3.63, 3.8) is 0 Å². The number of aliphatic hydroxyl groups is 3. The number of rotatable bonds is 9. The van der Waals surface area contributed by atoms with Gasteiger partial charge in [0, 0.05) is 13.1 Å². The molecule has 0 aromatic carbocycles. The molecule has 0 spiro atoms. The molecule has 2 fully saturated rings.